The van der Waals surface area contributed by atoms with E-state index in [9.17, 15) is 21.0 Å². The van der Waals surface area contributed by atoms with E-state index in [1.165, 1.54) is 10.8 Å². The van der Waals surface area contributed by atoms with Crippen molar-refractivity contribution in [1.82, 2.24) is 18.3 Å². The molecule has 0 spiro atoms. The molecule has 394 valence electrons. The molecule has 0 amide bonds. The van der Waals surface area contributed by atoms with Gasteiger partial charge in [0, 0.05) is 65.2 Å². The molecule has 0 aliphatic carbocycles. The van der Waals surface area contributed by atoms with Crippen LogP contribution in [0.3, 0.4) is 0 Å². The minimum absolute atomic E-state index is 0.279. The van der Waals surface area contributed by atoms with Gasteiger partial charge in [0.15, 0.2) is 0 Å². The molecule has 0 N–H and O–H groups in total. The molecular weight excluding hydrogens is 1060 g/mol. The van der Waals surface area contributed by atoms with Gasteiger partial charge in [-0.3, -0.25) is 0 Å². The number of hydrogen-bond acceptors (Lipinski definition) is 6. The zero-order valence-electron chi connectivity index (χ0n) is 45.3. The van der Waals surface area contributed by atoms with Crippen LogP contribution >= 0.6 is 0 Å². The van der Waals surface area contributed by atoms with E-state index in [1.807, 2.05) is 54.6 Å². The molecule has 18 aromatic rings. The van der Waals surface area contributed by atoms with Gasteiger partial charge in [0.05, 0.1) is 88.5 Å². The van der Waals surface area contributed by atoms with E-state index in [0.29, 0.717) is 11.1 Å². The van der Waals surface area contributed by atoms with Crippen molar-refractivity contribution in [3.63, 3.8) is 0 Å². The van der Waals surface area contributed by atoms with Gasteiger partial charge in [0.1, 0.15) is 46.6 Å². The van der Waals surface area contributed by atoms with E-state index < -0.39 is 0 Å². The Labute approximate surface area is 487 Å². The van der Waals surface area contributed by atoms with Crippen molar-refractivity contribution in [1.29, 1.82) is 21.0 Å². The quantitative estimate of drug-likeness (QED) is 0.168. The Balaban J connectivity index is 0.832. The topological polar surface area (TPSA) is 141 Å². The summed E-state index contributed by atoms with van der Waals surface area (Å²) >= 11 is 0. The maximum absolute atomic E-state index is 10.7. The Morgan fingerprint density at radius 1 is 0.256 bits per heavy atom. The van der Waals surface area contributed by atoms with E-state index >= 15 is 0 Å². The third-order valence-electron chi connectivity index (χ3n) is 17.7. The van der Waals surface area contributed by atoms with Gasteiger partial charge in [0.25, 0.3) is 0 Å². The minimum atomic E-state index is 0.279. The number of nitriles is 4. The summed E-state index contributed by atoms with van der Waals surface area (Å²) in [5.74, 6) is 0. The van der Waals surface area contributed by atoms with Crippen LogP contribution in [-0.4, -0.2) is 18.3 Å². The number of rotatable bonds is 5. The number of furan rings is 2. The monoisotopic (exact) mass is 1090 g/mol. The summed E-state index contributed by atoms with van der Waals surface area (Å²) in [5, 5.41) is 53.7. The average Bonchev–Trinajstić information content (AvgIpc) is 1.82. The van der Waals surface area contributed by atoms with E-state index in [0.717, 1.165) is 154 Å². The number of para-hydroxylation sites is 5. The third-order valence-corrected chi connectivity index (χ3v) is 17.7. The second-order valence-electron chi connectivity index (χ2n) is 22.0. The first-order valence-electron chi connectivity index (χ1n) is 28.2. The molecule has 0 radical (unpaired) electrons. The first-order valence-corrected chi connectivity index (χ1v) is 28.2. The Morgan fingerprint density at radius 3 is 1.33 bits per heavy atom. The van der Waals surface area contributed by atoms with Gasteiger partial charge in [0.2, 0.25) is 0 Å². The number of aromatic nitrogens is 4. The zero-order chi connectivity index (χ0) is 57.1. The van der Waals surface area contributed by atoms with Crippen LogP contribution in [0.4, 0.5) is 0 Å². The maximum Gasteiger partial charge on any atom is 0.145 e. The van der Waals surface area contributed by atoms with E-state index in [2.05, 4.69) is 206 Å². The summed E-state index contributed by atoms with van der Waals surface area (Å²) in [6, 6.07) is 88.0. The minimum Gasteiger partial charge on any atom is -0.455 e. The fourth-order valence-electron chi connectivity index (χ4n) is 14.0. The SMILES string of the molecule is N#Cc1ccc(-n2c3ccc(-n4c5ccccc5c5ccccc54)cc3c3c4oc5cc(-c6ccc7c(c6)c6ccccc6n7-c6cc(C#N)c(C#N)cc6-n6c7ccccc7c7c8oc9ccccc9c8ccc76)ccc5c4ccc32)cc1C#N. The van der Waals surface area contributed by atoms with Gasteiger partial charge in [-0.2, -0.15) is 21.0 Å². The van der Waals surface area contributed by atoms with Gasteiger partial charge in [-0.15, -0.1) is 0 Å². The molecule has 0 aliphatic rings. The molecule has 0 aliphatic heterocycles. The molecule has 0 atom stereocenters. The number of fused-ring (bicyclic) bond motifs is 20. The van der Waals surface area contributed by atoms with Crippen LogP contribution in [0.1, 0.15) is 22.3 Å². The number of nitrogens with zero attached hydrogens (tertiary/aromatic N) is 8. The highest BCUT2D eigenvalue weighted by atomic mass is 16.3. The fraction of sp³-hybridized carbons (Fsp3) is 0. The summed E-state index contributed by atoms with van der Waals surface area (Å²) in [7, 11) is 0. The lowest BCUT2D eigenvalue weighted by atomic mass is 10.0. The molecule has 18 rings (SSSR count). The Hall–Kier alpha value is -12.6. The molecule has 6 heterocycles. The molecule has 0 fully saturated rings. The van der Waals surface area contributed by atoms with Crippen molar-refractivity contribution in [2.75, 3.05) is 0 Å². The Morgan fingerprint density at radius 2 is 0.663 bits per heavy atom. The highest BCUT2D eigenvalue weighted by Gasteiger charge is 2.26. The normalized spacial score (nSPS) is 11.9. The predicted molar refractivity (Wildman–Crippen MR) is 343 cm³/mol. The Kier molecular flexibility index (Phi) is 9.56. The van der Waals surface area contributed by atoms with Crippen LogP contribution in [0, 0.1) is 45.3 Å². The molecule has 6 aromatic heterocycles. The van der Waals surface area contributed by atoms with Crippen LogP contribution < -0.4 is 0 Å². The number of benzene rings is 12. The van der Waals surface area contributed by atoms with Gasteiger partial charge < -0.3 is 27.1 Å². The van der Waals surface area contributed by atoms with Gasteiger partial charge in [-0.1, -0.05) is 103 Å². The summed E-state index contributed by atoms with van der Waals surface area (Å²) in [6.07, 6.45) is 0. The summed E-state index contributed by atoms with van der Waals surface area (Å²) < 4.78 is 22.8. The standard InChI is InChI=1S/C76H38N8O2/c77-39-45-21-24-49(33-46(45)40-78)82-66-30-25-50(81-61-16-6-1-11-51(61)52-12-2-7-17-62(52)81)38-60(66)74-67(82)31-27-57-55-26-22-44(37-72(55)86-76(57)74)43-23-29-65-59(34-43)53-13-3-8-18-63(53)83(65)69-35-47(41-79)48(42-80)36-70(69)84-64-19-9-4-15-58(64)73-68(84)32-28-56-54-14-5-10-20-71(54)85-75(56)73/h1-38H. The van der Waals surface area contributed by atoms with Crippen molar-refractivity contribution in [2.45, 2.75) is 0 Å². The van der Waals surface area contributed by atoms with Crippen molar-refractivity contribution < 1.29 is 8.83 Å². The van der Waals surface area contributed by atoms with Crippen LogP contribution in [0.5, 0.6) is 0 Å². The van der Waals surface area contributed by atoms with Crippen LogP contribution in [-0.2, 0) is 0 Å². The van der Waals surface area contributed by atoms with Gasteiger partial charge >= 0.3 is 0 Å². The summed E-state index contributed by atoms with van der Waals surface area (Å²) in [5.41, 5.74) is 17.2. The lowest BCUT2D eigenvalue weighted by molar-refractivity contribution is 0.672. The van der Waals surface area contributed by atoms with Crippen molar-refractivity contribution >= 4 is 131 Å². The zero-order valence-corrected chi connectivity index (χ0v) is 45.3. The lowest BCUT2D eigenvalue weighted by Gasteiger charge is -2.18. The molecule has 10 heteroatoms. The molecule has 86 heavy (non-hydrogen) atoms. The summed E-state index contributed by atoms with van der Waals surface area (Å²) in [4.78, 5) is 0. The van der Waals surface area contributed by atoms with Crippen LogP contribution in [0.2, 0.25) is 0 Å². The highest BCUT2D eigenvalue weighted by Crippen LogP contribution is 2.46. The fourth-order valence-corrected chi connectivity index (χ4v) is 14.0. The highest BCUT2D eigenvalue weighted by molar-refractivity contribution is 6.26. The van der Waals surface area contributed by atoms with Crippen molar-refractivity contribution in [3.8, 4) is 58.2 Å². The molecule has 0 bridgehead atoms. The molecule has 0 saturated carbocycles. The third kappa shape index (κ3) is 6.33. The van der Waals surface area contributed by atoms with Crippen LogP contribution in [0.25, 0.3) is 165 Å². The average molecular weight is 1100 g/mol. The first-order chi connectivity index (χ1) is 42.5. The maximum atomic E-state index is 10.7. The van der Waals surface area contributed by atoms with Crippen LogP contribution in [0.15, 0.2) is 239 Å². The van der Waals surface area contributed by atoms with E-state index in [1.54, 1.807) is 12.1 Å². The van der Waals surface area contributed by atoms with E-state index in [4.69, 9.17) is 8.83 Å². The second kappa shape index (κ2) is 17.5. The Bertz CT molecular complexity index is 6230. The second-order valence-corrected chi connectivity index (χ2v) is 22.0. The van der Waals surface area contributed by atoms with Crippen molar-refractivity contribution in [2.24, 2.45) is 0 Å². The van der Waals surface area contributed by atoms with Gasteiger partial charge in [-0.05, 0) is 139 Å². The molecule has 0 saturated heterocycles. The largest absolute Gasteiger partial charge is 0.455 e. The molecule has 12 aromatic carbocycles. The lowest BCUT2D eigenvalue weighted by Crippen LogP contribution is -2.05. The first kappa shape index (κ1) is 47.1. The molecule has 0 unspecified atom stereocenters. The predicted octanol–water partition coefficient (Wildman–Crippen LogP) is 19.0. The van der Waals surface area contributed by atoms with Gasteiger partial charge in [-0.25, -0.2) is 0 Å². The summed E-state index contributed by atoms with van der Waals surface area (Å²) in [6.45, 7) is 0. The molecular formula is C76H38N8O2. The smallest absolute Gasteiger partial charge is 0.145 e. The van der Waals surface area contributed by atoms with E-state index in [-0.39, 0.29) is 11.1 Å². The van der Waals surface area contributed by atoms with Crippen molar-refractivity contribution in [3.05, 3.63) is 253 Å². The molecule has 10 nitrogen and oxygen atoms in total. The number of hydrogen-bond donors (Lipinski definition) is 0.